The van der Waals surface area contributed by atoms with Crippen LogP contribution in [0.15, 0.2) is 97.1 Å². The second kappa shape index (κ2) is 22.8. The smallest absolute Gasteiger partial charge is 0.343 e. The van der Waals surface area contributed by atoms with Crippen molar-refractivity contribution >= 4 is 51.8 Å². The highest BCUT2D eigenvalue weighted by Gasteiger charge is 2.47. The summed E-state index contributed by atoms with van der Waals surface area (Å²) in [4.78, 5) is 26.3. The van der Waals surface area contributed by atoms with Gasteiger partial charge in [0, 0.05) is 24.1 Å². The lowest BCUT2D eigenvalue weighted by Crippen LogP contribution is -2.50. The Hall–Kier alpha value is -4.05. The highest BCUT2D eigenvalue weighted by Crippen LogP contribution is 2.46. The molecule has 0 heterocycles. The van der Waals surface area contributed by atoms with Crippen molar-refractivity contribution in [2.75, 3.05) is 19.1 Å². The van der Waals surface area contributed by atoms with Gasteiger partial charge in [-0.25, -0.2) is 9.59 Å². The molecule has 12 heteroatoms. The lowest BCUT2D eigenvalue weighted by atomic mass is 10.0. The molecule has 4 aromatic rings. The molecule has 0 N–H and O–H groups in total. The van der Waals surface area contributed by atoms with Gasteiger partial charge in [0.2, 0.25) is 0 Å². The van der Waals surface area contributed by atoms with E-state index in [1.807, 2.05) is 54.6 Å². The maximum absolute atomic E-state index is 13.2. The summed E-state index contributed by atoms with van der Waals surface area (Å²) >= 11 is 0. The lowest BCUT2D eigenvalue weighted by molar-refractivity contribution is -0.128. The van der Waals surface area contributed by atoms with Gasteiger partial charge in [0.1, 0.15) is 31.8 Å². The van der Waals surface area contributed by atoms with Gasteiger partial charge in [0.25, 0.3) is 8.32 Å². The van der Waals surface area contributed by atoms with Crippen LogP contribution in [0.3, 0.4) is 0 Å². The molecule has 1 saturated carbocycles. The van der Waals surface area contributed by atoms with Gasteiger partial charge in [0.15, 0.2) is 16.6 Å². The third-order valence-corrected chi connectivity index (χ3v) is 32.2. The van der Waals surface area contributed by atoms with Crippen molar-refractivity contribution in [2.24, 2.45) is 0 Å². The first kappa shape index (κ1) is 54.9. The molecule has 1 radical (unpaired) electrons. The molecule has 0 amide bonds. The third-order valence-electron chi connectivity index (χ3n) is 14.6. The van der Waals surface area contributed by atoms with E-state index in [9.17, 15) is 9.59 Å². The van der Waals surface area contributed by atoms with Gasteiger partial charge in [-0.15, -0.1) is 0 Å². The van der Waals surface area contributed by atoms with Crippen LogP contribution in [0.1, 0.15) is 123 Å². The van der Waals surface area contributed by atoms with Crippen LogP contribution in [0.4, 0.5) is 0 Å². The summed E-state index contributed by atoms with van der Waals surface area (Å²) in [5, 5.41) is 0.328. The molecule has 68 heavy (non-hydrogen) atoms. The van der Waals surface area contributed by atoms with Crippen molar-refractivity contribution < 1.29 is 37.1 Å². The van der Waals surface area contributed by atoms with Crippen LogP contribution in [0.2, 0.25) is 58.9 Å². The monoisotopic (exact) mass is 994 g/mol. The minimum atomic E-state index is -2.12. The molecule has 0 saturated heterocycles. The Morgan fingerprint density at radius 1 is 0.647 bits per heavy atom. The molecule has 0 aliphatic heterocycles. The molecule has 0 atom stereocenters. The Bertz CT molecular complexity index is 2250. The van der Waals surface area contributed by atoms with Crippen molar-refractivity contribution in [1.29, 1.82) is 0 Å². The first-order valence-electron chi connectivity index (χ1n) is 24.7. The van der Waals surface area contributed by atoms with E-state index in [0.717, 1.165) is 65.1 Å². The van der Waals surface area contributed by atoms with Gasteiger partial charge in [0.05, 0.1) is 12.2 Å². The van der Waals surface area contributed by atoms with E-state index in [1.165, 1.54) is 6.08 Å². The molecule has 369 valence electrons. The van der Waals surface area contributed by atoms with E-state index >= 15 is 0 Å². The molecule has 1 aliphatic rings. The summed E-state index contributed by atoms with van der Waals surface area (Å²) in [6.45, 7) is 37.2. The van der Waals surface area contributed by atoms with Crippen LogP contribution in [0.5, 0.6) is 23.0 Å². The normalized spacial score (nSPS) is 14.1. The molecule has 5 rings (SSSR count). The number of carbonyl (C=O) groups is 2. The van der Waals surface area contributed by atoms with Gasteiger partial charge in [-0.3, -0.25) is 0 Å². The topological polar surface area (TPSA) is 89.5 Å². The maximum atomic E-state index is 13.2. The molecule has 0 spiro atoms. The zero-order valence-electron chi connectivity index (χ0n) is 44.1. The first-order chi connectivity index (χ1) is 31.7. The van der Waals surface area contributed by atoms with E-state index in [2.05, 4.69) is 121 Å². The fourth-order valence-corrected chi connectivity index (χ4v) is 19.5. The van der Waals surface area contributed by atoms with Gasteiger partial charge in [-0.2, -0.15) is 0 Å². The van der Waals surface area contributed by atoms with E-state index in [4.69, 9.17) is 27.5 Å². The summed E-state index contributed by atoms with van der Waals surface area (Å²) in [6, 6.07) is 29.7. The Kier molecular flexibility index (Phi) is 18.4. The van der Waals surface area contributed by atoms with Crippen molar-refractivity contribution in [3.8, 4) is 34.1 Å². The van der Waals surface area contributed by atoms with Crippen molar-refractivity contribution in [2.45, 2.75) is 161 Å². The van der Waals surface area contributed by atoms with Crippen molar-refractivity contribution in [3.05, 3.63) is 114 Å². The van der Waals surface area contributed by atoms with Gasteiger partial charge in [-0.05, 0) is 155 Å². The standard InChI is InChI=1S/C56H81O8Si4/c1-40(2)68(41(3)4,42(5)6)64-49-30-26-47(27-31-49)54(58)62-50-32-33-52(51(37-50)46-22-23-46)63-53(57)34-19-43-17-20-44(21-18-43)45-24-28-48(29-25-45)59-35-36-65(38-60-66(13,14)55(7,8)9)39-61-67(15,16)56(10,11)12/h17-21,24-34,37,40-42,46H,22-23,35-36,38-39H2,1-16H3/b34-19+. The van der Waals surface area contributed by atoms with Crippen molar-refractivity contribution in [3.63, 3.8) is 0 Å². The Morgan fingerprint density at radius 3 is 1.62 bits per heavy atom. The van der Waals surface area contributed by atoms with E-state index in [0.29, 0.717) is 40.3 Å². The van der Waals surface area contributed by atoms with Crippen LogP contribution >= 0.6 is 0 Å². The minimum Gasteiger partial charge on any atom is -0.543 e. The Balaban J connectivity index is 1.13. The summed E-state index contributed by atoms with van der Waals surface area (Å²) in [6.07, 6.45) is 6.74. The number of hydrogen-bond acceptors (Lipinski definition) is 8. The van der Waals surface area contributed by atoms with E-state index in [-0.39, 0.29) is 16.0 Å². The lowest BCUT2D eigenvalue weighted by Gasteiger charge is -2.42. The molecule has 0 aromatic heterocycles. The average molecular weight is 995 g/mol. The highest BCUT2D eigenvalue weighted by molar-refractivity contribution is 6.78. The van der Waals surface area contributed by atoms with Crippen LogP contribution in [-0.4, -0.2) is 64.8 Å². The predicted octanol–water partition coefficient (Wildman–Crippen LogP) is 15.6. The molecule has 8 nitrogen and oxygen atoms in total. The Labute approximate surface area is 414 Å². The summed E-state index contributed by atoms with van der Waals surface area (Å²) < 4.78 is 38.2. The van der Waals surface area contributed by atoms with Gasteiger partial charge in [-0.1, -0.05) is 119 Å². The van der Waals surface area contributed by atoms with Crippen LogP contribution in [0.25, 0.3) is 17.2 Å². The summed E-state index contributed by atoms with van der Waals surface area (Å²) in [5.74, 6) is 1.85. The third kappa shape index (κ3) is 14.5. The summed E-state index contributed by atoms with van der Waals surface area (Å²) in [7, 11) is -6.83. The van der Waals surface area contributed by atoms with Crippen LogP contribution in [-0.2, 0) is 13.6 Å². The fraction of sp³-hybridized carbons (Fsp3) is 0.500. The average Bonchev–Trinajstić information content (AvgIpc) is 4.11. The molecule has 0 bridgehead atoms. The SMILES string of the molecule is CC(C)[Si](Oc1ccc(C(=O)Oc2ccc(OC(=O)/C=C/c3ccc(-c4ccc(OCC[Si](CO[Si](C)(C)C(C)(C)C)CO[Si](C)(C)C(C)(C)C)cc4)cc3)c(C3CC3)c2)cc1)(C(C)C)C(C)C. The minimum absolute atomic E-state index is 0.164. The van der Waals surface area contributed by atoms with Crippen molar-refractivity contribution in [1.82, 2.24) is 0 Å². The van der Waals surface area contributed by atoms with E-state index in [1.54, 1.807) is 30.3 Å². The quantitative estimate of drug-likeness (QED) is 0.0333. The number of rotatable bonds is 22. The first-order valence-corrected chi connectivity index (χ1v) is 34.8. The molecule has 4 aromatic carbocycles. The number of benzene rings is 4. The van der Waals surface area contributed by atoms with Gasteiger partial charge < -0.3 is 27.5 Å². The summed E-state index contributed by atoms with van der Waals surface area (Å²) in [5.41, 5.74) is 5.65. The molecular formula is C56H81O8Si4. The number of esters is 2. The molecule has 1 aliphatic carbocycles. The fourth-order valence-electron chi connectivity index (χ4n) is 8.11. The maximum Gasteiger partial charge on any atom is 0.343 e. The van der Waals surface area contributed by atoms with Gasteiger partial charge >= 0.3 is 11.9 Å². The second-order valence-corrected chi connectivity index (χ2v) is 40.2. The largest absolute Gasteiger partial charge is 0.543 e. The zero-order chi connectivity index (χ0) is 50.2. The Morgan fingerprint density at radius 2 is 1.13 bits per heavy atom. The second-order valence-electron chi connectivity index (χ2n) is 22.7. The zero-order valence-corrected chi connectivity index (χ0v) is 48.1. The number of carbonyl (C=O) groups excluding carboxylic acids is 2. The predicted molar refractivity (Wildman–Crippen MR) is 290 cm³/mol. The molecule has 1 fully saturated rings. The highest BCUT2D eigenvalue weighted by atomic mass is 28.4. The molecule has 0 unspecified atom stereocenters. The van der Waals surface area contributed by atoms with Crippen LogP contribution < -0.4 is 18.6 Å². The number of hydrogen-bond donors (Lipinski definition) is 0. The molecular weight excluding hydrogens is 913 g/mol. The van der Waals surface area contributed by atoms with Crippen LogP contribution in [0, 0.1) is 0 Å². The van der Waals surface area contributed by atoms with E-state index < -0.39 is 45.7 Å². The number of ether oxygens (including phenoxy) is 3.